The predicted molar refractivity (Wildman–Crippen MR) is 115 cm³/mol. The first-order valence-electron chi connectivity index (χ1n) is 10.1. The van der Waals surface area contributed by atoms with Crippen LogP contribution in [0.15, 0.2) is 24.3 Å². The molecule has 2 aromatic rings. The molecule has 0 saturated carbocycles. The highest BCUT2D eigenvalue weighted by Crippen LogP contribution is 2.21. The normalized spacial score (nSPS) is 21.4. The highest BCUT2D eigenvalue weighted by molar-refractivity contribution is 7.71. The molecule has 3 unspecified atom stereocenters. The molecule has 3 rings (SSSR count). The van der Waals surface area contributed by atoms with Crippen LogP contribution in [0.1, 0.15) is 32.8 Å². The number of likely N-dealkylation sites (tertiary alicyclic amines) is 1. The van der Waals surface area contributed by atoms with Crippen LogP contribution < -0.4 is 5.32 Å². The number of carbonyl (C=O) groups excluding carboxylic acids is 1. The molecule has 0 aliphatic carbocycles. The molecular weight excluding hydrogens is 370 g/mol. The number of aromatic nitrogens is 3. The summed E-state index contributed by atoms with van der Waals surface area (Å²) in [6, 6.07) is 8.13. The maximum atomic E-state index is 12.7. The lowest BCUT2D eigenvalue weighted by Crippen LogP contribution is -2.47. The van der Waals surface area contributed by atoms with Gasteiger partial charge in [-0.15, -0.1) is 0 Å². The summed E-state index contributed by atoms with van der Waals surface area (Å²) in [5.41, 5.74) is 2.09. The van der Waals surface area contributed by atoms with Crippen LogP contribution in [-0.2, 0) is 11.3 Å². The molecule has 0 spiro atoms. The van der Waals surface area contributed by atoms with Crippen molar-refractivity contribution in [1.29, 1.82) is 0 Å². The van der Waals surface area contributed by atoms with E-state index < -0.39 is 0 Å². The number of nitrogens with zero attached hydrogens (tertiary/aromatic N) is 3. The van der Waals surface area contributed by atoms with E-state index in [-0.39, 0.29) is 18.5 Å². The molecule has 28 heavy (non-hydrogen) atoms. The molecule has 152 valence electrons. The topological polar surface area (TPSA) is 66.0 Å². The van der Waals surface area contributed by atoms with Crippen molar-refractivity contribution >= 4 is 18.1 Å². The Morgan fingerprint density at radius 2 is 2.07 bits per heavy atom. The van der Waals surface area contributed by atoms with Crippen molar-refractivity contribution in [1.82, 2.24) is 25.0 Å². The second-order valence-electron chi connectivity index (χ2n) is 8.44. The smallest absolute Gasteiger partial charge is 0.240 e. The number of hydrogen-bond acceptors (Lipinski definition) is 4. The fraction of sp³-hybridized carbons (Fsp3) is 0.571. The van der Waals surface area contributed by atoms with Crippen LogP contribution in [0.25, 0.3) is 11.4 Å². The first-order valence-corrected chi connectivity index (χ1v) is 10.5. The monoisotopic (exact) mass is 401 g/mol. The van der Waals surface area contributed by atoms with Gasteiger partial charge < -0.3 is 10.2 Å². The zero-order valence-electron chi connectivity index (χ0n) is 17.2. The Hall–Kier alpha value is -1.99. The Bertz CT molecular complexity index is 864. The molecule has 1 aliphatic rings. The number of rotatable bonds is 6. The summed E-state index contributed by atoms with van der Waals surface area (Å²) < 4.78 is 2.22. The highest BCUT2D eigenvalue weighted by atomic mass is 32.1. The van der Waals surface area contributed by atoms with Crippen molar-refractivity contribution < 1.29 is 4.79 Å². The van der Waals surface area contributed by atoms with Crippen LogP contribution in [0.3, 0.4) is 0 Å². The van der Waals surface area contributed by atoms with Crippen LogP contribution in [0, 0.1) is 23.5 Å². The Labute approximate surface area is 172 Å². The number of carbonyl (C=O) groups is 1. The summed E-state index contributed by atoms with van der Waals surface area (Å²) in [5.74, 6) is 2.08. The second-order valence-corrected chi connectivity index (χ2v) is 8.83. The number of H-pyrrole nitrogens is 1. The zero-order valence-corrected chi connectivity index (χ0v) is 18.1. The molecule has 1 amide bonds. The minimum atomic E-state index is -0.0444. The van der Waals surface area contributed by atoms with Gasteiger partial charge >= 0.3 is 0 Å². The third-order valence-electron chi connectivity index (χ3n) is 5.22. The average Bonchev–Trinajstić information content (AvgIpc) is 2.94. The molecule has 2 heterocycles. The van der Waals surface area contributed by atoms with E-state index in [4.69, 9.17) is 12.2 Å². The van der Waals surface area contributed by atoms with Gasteiger partial charge in [0.2, 0.25) is 5.91 Å². The quantitative estimate of drug-likeness (QED) is 0.728. The first-order chi connectivity index (χ1) is 13.3. The van der Waals surface area contributed by atoms with Crippen LogP contribution in [0.2, 0.25) is 0 Å². The fourth-order valence-electron chi connectivity index (χ4n) is 4.31. The van der Waals surface area contributed by atoms with Gasteiger partial charge in [-0.2, -0.15) is 5.10 Å². The average molecular weight is 402 g/mol. The summed E-state index contributed by atoms with van der Waals surface area (Å²) >= 11 is 5.35. The molecule has 1 aromatic carbocycles. The molecule has 3 atom stereocenters. The SMILES string of the molecule is Cc1cccc(-c2n[nH]c(=S)n2CC(=O)NC(C)CN2CC(C)CC(C)C2)c1. The van der Waals surface area contributed by atoms with Gasteiger partial charge in [-0.3, -0.25) is 14.5 Å². The zero-order chi connectivity index (χ0) is 20.3. The fourth-order valence-corrected chi connectivity index (χ4v) is 4.50. The predicted octanol–water partition coefficient (Wildman–Crippen LogP) is 3.40. The molecule has 1 fully saturated rings. The van der Waals surface area contributed by atoms with Gasteiger partial charge in [0, 0.05) is 31.2 Å². The summed E-state index contributed by atoms with van der Waals surface area (Å²) in [4.78, 5) is 15.1. The first kappa shape index (κ1) is 20.7. The minimum absolute atomic E-state index is 0.0444. The van der Waals surface area contributed by atoms with Crippen molar-refractivity contribution in [2.24, 2.45) is 11.8 Å². The Balaban J connectivity index is 1.62. The maximum Gasteiger partial charge on any atom is 0.240 e. The number of piperidine rings is 1. The molecule has 2 N–H and O–H groups in total. The second kappa shape index (κ2) is 9.01. The van der Waals surface area contributed by atoms with Crippen molar-refractivity contribution in [2.45, 2.75) is 46.7 Å². The molecule has 7 heteroatoms. The lowest BCUT2D eigenvalue weighted by Gasteiger charge is -2.36. The van der Waals surface area contributed by atoms with Gasteiger partial charge in [0.1, 0.15) is 6.54 Å². The number of aryl methyl sites for hydroxylation is 1. The Morgan fingerprint density at radius 3 is 2.75 bits per heavy atom. The largest absolute Gasteiger partial charge is 0.351 e. The van der Waals surface area contributed by atoms with Crippen LogP contribution in [0.5, 0.6) is 0 Å². The maximum absolute atomic E-state index is 12.7. The molecule has 1 aliphatic heterocycles. The van der Waals surface area contributed by atoms with Crippen molar-refractivity contribution in [3.05, 3.63) is 34.6 Å². The van der Waals surface area contributed by atoms with E-state index in [1.807, 2.05) is 31.2 Å². The van der Waals surface area contributed by atoms with E-state index in [0.29, 0.717) is 22.4 Å². The van der Waals surface area contributed by atoms with Crippen molar-refractivity contribution in [3.63, 3.8) is 0 Å². The lowest BCUT2D eigenvalue weighted by atomic mass is 9.92. The molecule has 1 aromatic heterocycles. The van der Waals surface area contributed by atoms with Crippen molar-refractivity contribution in [2.75, 3.05) is 19.6 Å². The van der Waals surface area contributed by atoms with Crippen molar-refractivity contribution in [3.8, 4) is 11.4 Å². The van der Waals surface area contributed by atoms with E-state index >= 15 is 0 Å². The van der Waals surface area contributed by atoms with Gasteiger partial charge in [-0.25, -0.2) is 0 Å². The van der Waals surface area contributed by atoms with E-state index in [1.54, 1.807) is 4.57 Å². The van der Waals surface area contributed by atoms with Crippen LogP contribution in [0.4, 0.5) is 0 Å². The molecule has 0 bridgehead atoms. The lowest BCUT2D eigenvalue weighted by molar-refractivity contribution is -0.122. The number of aromatic amines is 1. The van der Waals surface area contributed by atoms with Gasteiger partial charge in [-0.05, 0) is 50.4 Å². The number of nitrogens with one attached hydrogen (secondary N) is 2. The number of amides is 1. The molecule has 6 nitrogen and oxygen atoms in total. The third-order valence-corrected chi connectivity index (χ3v) is 5.53. The number of hydrogen-bond donors (Lipinski definition) is 2. The van der Waals surface area contributed by atoms with E-state index in [2.05, 4.69) is 41.2 Å². The van der Waals surface area contributed by atoms with E-state index in [9.17, 15) is 4.79 Å². The highest BCUT2D eigenvalue weighted by Gasteiger charge is 2.23. The summed E-state index contributed by atoms with van der Waals surface area (Å²) in [5, 5.41) is 10.3. The van der Waals surface area contributed by atoms with E-state index in [0.717, 1.165) is 30.8 Å². The summed E-state index contributed by atoms with van der Waals surface area (Å²) in [6.07, 6.45) is 1.29. The van der Waals surface area contributed by atoms with Gasteiger partial charge in [0.05, 0.1) is 0 Å². The third kappa shape index (κ3) is 5.29. The Morgan fingerprint density at radius 1 is 1.36 bits per heavy atom. The standard InChI is InChI=1S/C21H31N5OS/c1-14-6-5-7-18(9-14)20-23-24-21(28)26(20)13-19(27)22-17(4)12-25-10-15(2)8-16(3)11-25/h5-7,9,15-17H,8,10-13H2,1-4H3,(H,22,27)(H,24,28). The summed E-state index contributed by atoms with van der Waals surface area (Å²) in [7, 11) is 0. The summed E-state index contributed by atoms with van der Waals surface area (Å²) in [6.45, 7) is 12.0. The van der Waals surface area contributed by atoms with Gasteiger partial charge in [-0.1, -0.05) is 37.6 Å². The van der Waals surface area contributed by atoms with Crippen LogP contribution in [-0.4, -0.2) is 51.2 Å². The minimum Gasteiger partial charge on any atom is -0.351 e. The number of benzene rings is 1. The van der Waals surface area contributed by atoms with Crippen LogP contribution >= 0.6 is 12.2 Å². The van der Waals surface area contributed by atoms with E-state index in [1.165, 1.54) is 6.42 Å². The van der Waals surface area contributed by atoms with Gasteiger partial charge in [0.25, 0.3) is 0 Å². The van der Waals surface area contributed by atoms with Gasteiger partial charge in [0.15, 0.2) is 10.6 Å². The molecule has 1 saturated heterocycles. The Kier molecular flexibility index (Phi) is 6.67. The molecule has 0 radical (unpaired) electrons. The molecular formula is C21H31N5OS.